The summed E-state index contributed by atoms with van der Waals surface area (Å²) in [4.78, 5) is 11.2. The number of oxazole rings is 1. The maximum absolute atomic E-state index is 5.84. The Morgan fingerprint density at radius 3 is 2.55 bits per heavy atom. The van der Waals surface area contributed by atoms with Crippen LogP contribution in [0.5, 0.6) is 5.75 Å². The predicted molar refractivity (Wildman–Crippen MR) is 117 cm³/mol. The van der Waals surface area contributed by atoms with E-state index >= 15 is 0 Å². The number of aliphatic imine (C=N–C) groups is 1. The zero-order valence-corrected chi connectivity index (χ0v) is 18.7. The largest absolute Gasteiger partial charge is 0.496 e. The van der Waals surface area contributed by atoms with Crippen molar-refractivity contribution in [2.75, 3.05) is 34.3 Å². The number of methoxy groups -OCH3 is 1. The minimum atomic E-state index is -0.0641. The lowest BCUT2D eigenvalue weighted by molar-refractivity contribution is 0.287. The van der Waals surface area contributed by atoms with Crippen molar-refractivity contribution in [2.45, 2.75) is 45.7 Å². The summed E-state index contributed by atoms with van der Waals surface area (Å²) in [7, 11) is 5.82. The third-order valence-electron chi connectivity index (χ3n) is 4.59. The fraction of sp³-hybridized carbons (Fsp3) is 0.545. The predicted octanol–water partition coefficient (Wildman–Crippen LogP) is 3.34. The molecule has 0 bridgehead atoms. The van der Waals surface area contributed by atoms with Crippen molar-refractivity contribution in [3.05, 3.63) is 47.7 Å². The standard InChI is InChI=1S/C22H35N5O2/c1-8-23-21(26-15-20-24-14-19(29-20)22(2,3)4)25-13-17(27(5)6)16-11-9-10-12-18(16)28-7/h9-12,14,17H,8,13,15H2,1-7H3,(H2,23,25,26). The topological polar surface area (TPSA) is 74.9 Å². The molecule has 160 valence electrons. The number of benzene rings is 1. The van der Waals surface area contributed by atoms with Crippen LogP contribution in [0.15, 0.2) is 39.9 Å². The summed E-state index contributed by atoms with van der Waals surface area (Å²) >= 11 is 0. The van der Waals surface area contributed by atoms with E-state index in [0.717, 1.165) is 29.6 Å². The van der Waals surface area contributed by atoms with Gasteiger partial charge in [0, 0.05) is 24.1 Å². The Bertz CT molecular complexity index is 792. The molecule has 1 aromatic heterocycles. The Morgan fingerprint density at radius 1 is 1.24 bits per heavy atom. The normalized spacial score (nSPS) is 13.4. The number of likely N-dealkylation sites (N-methyl/N-ethyl adjacent to an activating group) is 1. The highest BCUT2D eigenvalue weighted by Crippen LogP contribution is 2.27. The molecule has 0 aliphatic rings. The number of para-hydroxylation sites is 1. The average Bonchev–Trinajstić information content (AvgIpc) is 3.16. The molecule has 2 rings (SSSR count). The maximum atomic E-state index is 5.84. The molecular formula is C22H35N5O2. The average molecular weight is 402 g/mol. The van der Waals surface area contributed by atoms with Gasteiger partial charge in [-0.05, 0) is 27.1 Å². The van der Waals surface area contributed by atoms with Gasteiger partial charge in [-0.2, -0.15) is 0 Å². The van der Waals surface area contributed by atoms with Gasteiger partial charge in [-0.15, -0.1) is 0 Å². The molecule has 7 heteroatoms. The summed E-state index contributed by atoms with van der Waals surface area (Å²) in [6.07, 6.45) is 1.79. The first-order valence-corrected chi connectivity index (χ1v) is 10.0. The smallest absolute Gasteiger partial charge is 0.216 e. The maximum Gasteiger partial charge on any atom is 0.216 e. The fourth-order valence-electron chi connectivity index (χ4n) is 2.92. The van der Waals surface area contributed by atoms with E-state index in [-0.39, 0.29) is 11.5 Å². The van der Waals surface area contributed by atoms with E-state index in [1.807, 2.05) is 25.1 Å². The van der Waals surface area contributed by atoms with Crippen LogP contribution < -0.4 is 15.4 Å². The van der Waals surface area contributed by atoms with E-state index < -0.39 is 0 Å². The van der Waals surface area contributed by atoms with Crippen molar-refractivity contribution in [2.24, 2.45) is 4.99 Å². The molecule has 1 aromatic carbocycles. The van der Waals surface area contributed by atoms with Crippen molar-refractivity contribution >= 4 is 5.96 Å². The Kier molecular flexibility index (Phi) is 8.08. The summed E-state index contributed by atoms with van der Waals surface area (Å²) in [6.45, 7) is 10.2. The van der Waals surface area contributed by atoms with Gasteiger partial charge in [-0.3, -0.25) is 0 Å². The zero-order chi connectivity index (χ0) is 21.4. The molecule has 2 N–H and O–H groups in total. The van der Waals surface area contributed by atoms with Crippen molar-refractivity contribution in [1.29, 1.82) is 0 Å². The molecule has 1 atom stereocenters. The molecule has 1 unspecified atom stereocenters. The highest BCUT2D eigenvalue weighted by Gasteiger charge is 2.20. The second kappa shape index (κ2) is 10.3. The molecule has 1 heterocycles. The van der Waals surface area contributed by atoms with Crippen molar-refractivity contribution in [3.63, 3.8) is 0 Å². The molecule has 7 nitrogen and oxygen atoms in total. The number of aromatic nitrogens is 1. The lowest BCUT2D eigenvalue weighted by Crippen LogP contribution is -2.41. The van der Waals surface area contributed by atoms with Crippen LogP contribution in [0.2, 0.25) is 0 Å². The first-order chi connectivity index (χ1) is 13.8. The van der Waals surface area contributed by atoms with Crippen LogP contribution in [0.25, 0.3) is 0 Å². The minimum Gasteiger partial charge on any atom is -0.496 e. The van der Waals surface area contributed by atoms with Crippen LogP contribution in [-0.4, -0.2) is 50.1 Å². The van der Waals surface area contributed by atoms with E-state index in [1.54, 1.807) is 13.3 Å². The number of hydrogen-bond donors (Lipinski definition) is 2. The number of ether oxygens (including phenoxy) is 1. The molecule has 0 fully saturated rings. The number of guanidine groups is 1. The molecule has 0 aliphatic heterocycles. The summed E-state index contributed by atoms with van der Waals surface area (Å²) in [5.41, 5.74) is 1.07. The quantitative estimate of drug-likeness (QED) is 0.522. The Balaban J connectivity index is 2.10. The molecule has 0 spiro atoms. The van der Waals surface area contributed by atoms with Gasteiger partial charge < -0.3 is 24.7 Å². The monoisotopic (exact) mass is 401 g/mol. The molecular weight excluding hydrogens is 366 g/mol. The molecule has 0 amide bonds. The number of nitrogens with zero attached hydrogens (tertiary/aromatic N) is 3. The second-order valence-corrected chi connectivity index (χ2v) is 8.17. The van der Waals surface area contributed by atoms with Gasteiger partial charge in [0.1, 0.15) is 18.1 Å². The second-order valence-electron chi connectivity index (χ2n) is 8.17. The van der Waals surface area contributed by atoms with Crippen molar-refractivity contribution < 1.29 is 9.15 Å². The molecule has 0 radical (unpaired) electrons. The van der Waals surface area contributed by atoms with E-state index in [4.69, 9.17) is 9.15 Å². The molecule has 2 aromatic rings. The van der Waals surface area contributed by atoms with E-state index in [0.29, 0.717) is 19.0 Å². The van der Waals surface area contributed by atoms with Crippen LogP contribution in [0.4, 0.5) is 0 Å². The fourth-order valence-corrected chi connectivity index (χ4v) is 2.92. The van der Waals surface area contributed by atoms with Crippen LogP contribution in [0.1, 0.15) is 51.0 Å². The van der Waals surface area contributed by atoms with Crippen LogP contribution in [0, 0.1) is 0 Å². The highest BCUT2D eigenvalue weighted by atomic mass is 16.5. The van der Waals surface area contributed by atoms with Gasteiger partial charge in [0.2, 0.25) is 5.89 Å². The summed E-state index contributed by atoms with van der Waals surface area (Å²) in [5.74, 6) is 3.08. The Labute approximate surface area is 174 Å². The van der Waals surface area contributed by atoms with Crippen molar-refractivity contribution in [3.8, 4) is 5.75 Å². The number of rotatable bonds is 8. The molecule has 29 heavy (non-hydrogen) atoms. The molecule has 0 saturated heterocycles. The van der Waals surface area contributed by atoms with Gasteiger partial charge in [0.25, 0.3) is 0 Å². The summed E-state index contributed by atoms with van der Waals surface area (Å²) in [5, 5.41) is 6.72. The summed E-state index contributed by atoms with van der Waals surface area (Å²) < 4.78 is 11.4. The van der Waals surface area contributed by atoms with Gasteiger partial charge >= 0.3 is 0 Å². The molecule has 0 saturated carbocycles. The van der Waals surface area contributed by atoms with Crippen LogP contribution >= 0.6 is 0 Å². The van der Waals surface area contributed by atoms with E-state index in [1.165, 1.54) is 0 Å². The van der Waals surface area contributed by atoms with Crippen molar-refractivity contribution in [1.82, 2.24) is 20.5 Å². The lowest BCUT2D eigenvalue weighted by atomic mass is 9.94. The minimum absolute atomic E-state index is 0.0641. The zero-order valence-electron chi connectivity index (χ0n) is 18.7. The van der Waals surface area contributed by atoms with Crippen LogP contribution in [0.3, 0.4) is 0 Å². The SMILES string of the molecule is CCNC(=NCc1ncc(C(C)(C)C)o1)NCC(c1ccccc1OC)N(C)C. The van der Waals surface area contributed by atoms with Gasteiger partial charge in [0.15, 0.2) is 5.96 Å². The third kappa shape index (κ3) is 6.49. The van der Waals surface area contributed by atoms with E-state index in [2.05, 4.69) is 66.4 Å². The number of hydrogen-bond acceptors (Lipinski definition) is 5. The first-order valence-electron chi connectivity index (χ1n) is 10.0. The Hall–Kier alpha value is -2.54. The Morgan fingerprint density at radius 2 is 1.97 bits per heavy atom. The van der Waals surface area contributed by atoms with Gasteiger partial charge in [0.05, 0.1) is 19.3 Å². The van der Waals surface area contributed by atoms with Gasteiger partial charge in [-0.25, -0.2) is 9.98 Å². The summed E-state index contributed by atoms with van der Waals surface area (Å²) in [6, 6.07) is 8.22. The third-order valence-corrected chi connectivity index (χ3v) is 4.59. The molecule has 0 aliphatic carbocycles. The lowest BCUT2D eigenvalue weighted by Gasteiger charge is -2.27. The first kappa shape index (κ1) is 22.7. The number of nitrogens with one attached hydrogen (secondary N) is 2. The highest BCUT2D eigenvalue weighted by molar-refractivity contribution is 5.79. The van der Waals surface area contributed by atoms with E-state index in [9.17, 15) is 0 Å². The van der Waals surface area contributed by atoms with Gasteiger partial charge in [-0.1, -0.05) is 39.0 Å². The van der Waals surface area contributed by atoms with Crippen LogP contribution in [-0.2, 0) is 12.0 Å².